The highest BCUT2D eigenvalue weighted by atomic mass is 32.1. The Morgan fingerprint density at radius 3 is 2.42 bits per heavy atom. The summed E-state index contributed by atoms with van der Waals surface area (Å²) in [5, 5.41) is 2.37. The largest absolute Gasteiger partial charge is 0.288 e. The zero-order valence-corrected chi connectivity index (χ0v) is 11.1. The van der Waals surface area contributed by atoms with Crippen molar-refractivity contribution >= 4 is 34.8 Å². The van der Waals surface area contributed by atoms with E-state index in [1.807, 2.05) is 31.2 Å². The second-order valence-electron chi connectivity index (χ2n) is 4.34. The van der Waals surface area contributed by atoms with Crippen molar-refractivity contribution in [1.29, 1.82) is 0 Å². The zero-order chi connectivity index (χ0) is 13.4. The predicted octanol–water partition coefficient (Wildman–Crippen LogP) is 2.87. The number of aryl methyl sites for hydroxylation is 1. The van der Waals surface area contributed by atoms with Gasteiger partial charge in [-0.3, -0.25) is 14.9 Å². The van der Waals surface area contributed by atoms with Crippen LogP contribution in [-0.2, 0) is 4.79 Å². The lowest BCUT2D eigenvalue weighted by atomic mass is 9.94. The molecule has 0 radical (unpaired) electrons. The lowest BCUT2D eigenvalue weighted by Gasteiger charge is -2.17. The van der Waals surface area contributed by atoms with Crippen molar-refractivity contribution in [2.24, 2.45) is 0 Å². The summed E-state index contributed by atoms with van der Waals surface area (Å²) in [4.78, 5) is 25.9. The third kappa shape index (κ3) is 2.11. The Kier molecular flexibility index (Phi) is 2.80. The summed E-state index contributed by atoms with van der Waals surface area (Å²) in [6, 6.07) is 11.1. The zero-order valence-electron chi connectivity index (χ0n) is 10.3. The molecular formula is C15H11NO2S. The molecule has 0 bridgehead atoms. The normalized spacial score (nSPS) is 16.4. The van der Waals surface area contributed by atoms with E-state index in [1.165, 1.54) is 4.88 Å². The maximum Gasteiger partial charge on any atom is 0.258 e. The van der Waals surface area contributed by atoms with Crippen LogP contribution in [0, 0.1) is 6.92 Å². The minimum atomic E-state index is -0.338. The number of hydrogen-bond donors (Lipinski definition) is 1. The summed E-state index contributed by atoms with van der Waals surface area (Å²) in [6.07, 6.45) is 1.83. The molecule has 1 aliphatic rings. The van der Waals surface area contributed by atoms with E-state index in [4.69, 9.17) is 0 Å². The number of hydrogen-bond acceptors (Lipinski definition) is 3. The van der Waals surface area contributed by atoms with E-state index >= 15 is 0 Å². The maximum atomic E-state index is 12.0. The molecule has 94 valence electrons. The van der Waals surface area contributed by atoms with Crippen LogP contribution in [0.2, 0.25) is 0 Å². The number of rotatable bonds is 1. The fraction of sp³-hybridized carbons (Fsp3) is 0.0667. The van der Waals surface area contributed by atoms with Crippen LogP contribution in [0.5, 0.6) is 0 Å². The maximum absolute atomic E-state index is 12.0. The van der Waals surface area contributed by atoms with Crippen LogP contribution in [0.25, 0.3) is 11.6 Å². The van der Waals surface area contributed by atoms with Crippen molar-refractivity contribution in [3.8, 4) is 0 Å². The number of benzene rings is 1. The van der Waals surface area contributed by atoms with Crippen molar-refractivity contribution in [1.82, 2.24) is 5.32 Å². The van der Waals surface area contributed by atoms with Crippen molar-refractivity contribution in [3.63, 3.8) is 0 Å². The van der Waals surface area contributed by atoms with Crippen molar-refractivity contribution < 1.29 is 9.59 Å². The van der Waals surface area contributed by atoms with Gasteiger partial charge < -0.3 is 0 Å². The highest BCUT2D eigenvalue weighted by Crippen LogP contribution is 2.28. The highest BCUT2D eigenvalue weighted by Gasteiger charge is 2.26. The van der Waals surface area contributed by atoms with E-state index in [-0.39, 0.29) is 11.8 Å². The molecule has 4 heteroatoms. The molecule has 2 amide bonds. The summed E-state index contributed by atoms with van der Waals surface area (Å²) in [6.45, 7) is 2.02. The highest BCUT2D eigenvalue weighted by molar-refractivity contribution is 7.12. The van der Waals surface area contributed by atoms with Gasteiger partial charge in [0.25, 0.3) is 11.8 Å². The number of imide groups is 1. The molecule has 3 rings (SSSR count). The van der Waals surface area contributed by atoms with Crippen LogP contribution in [-0.4, -0.2) is 11.8 Å². The Morgan fingerprint density at radius 2 is 1.74 bits per heavy atom. The van der Waals surface area contributed by atoms with Crippen LogP contribution in [0.1, 0.15) is 25.7 Å². The van der Waals surface area contributed by atoms with Gasteiger partial charge in [0.2, 0.25) is 0 Å². The quantitative estimate of drug-likeness (QED) is 0.639. The fourth-order valence-electron chi connectivity index (χ4n) is 2.09. The summed E-state index contributed by atoms with van der Waals surface area (Å²) in [5.41, 5.74) is 1.78. The first-order valence-corrected chi connectivity index (χ1v) is 6.70. The standard InChI is InChI=1S/C15H11NO2S/c1-9-6-7-10(19-9)8-13-11-4-2-3-5-12(11)14(17)16-15(13)18/h2-8H,1H3,(H,16,17,18). The van der Waals surface area contributed by atoms with Gasteiger partial charge in [0, 0.05) is 20.9 Å². The number of carbonyl (C=O) groups is 2. The molecule has 0 saturated heterocycles. The van der Waals surface area contributed by atoms with E-state index < -0.39 is 0 Å². The summed E-state index contributed by atoms with van der Waals surface area (Å²) < 4.78 is 0. The number of amides is 2. The van der Waals surface area contributed by atoms with Gasteiger partial charge in [-0.25, -0.2) is 0 Å². The molecule has 0 fully saturated rings. The second kappa shape index (κ2) is 4.48. The van der Waals surface area contributed by atoms with Crippen molar-refractivity contribution in [2.45, 2.75) is 6.92 Å². The second-order valence-corrected chi connectivity index (χ2v) is 5.65. The lowest BCUT2D eigenvalue weighted by Crippen LogP contribution is -2.36. The number of fused-ring (bicyclic) bond motifs is 1. The molecule has 1 aromatic carbocycles. The van der Waals surface area contributed by atoms with Gasteiger partial charge in [0.15, 0.2) is 0 Å². The molecule has 0 atom stereocenters. The van der Waals surface area contributed by atoms with Gasteiger partial charge >= 0.3 is 0 Å². The number of nitrogens with one attached hydrogen (secondary N) is 1. The SMILES string of the molecule is Cc1ccc(C=C2C(=O)NC(=O)c3ccccc32)s1. The average Bonchev–Trinajstić information content (AvgIpc) is 2.80. The molecule has 3 nitrogen and oxygen atoms in total. The lowest BCUT2D eigenvalue weighted by molar-refractivity contribution is -0.114. The molecule has 0 saturated carbocycles. The molecule has 0 spiro atoms. The van der Waals surface area contributed by atoms with E-state index in [9.17, 15) is 9.59 Å². The van der Waals surface area contributed by atoms with Gasteiger partial charge in [-0.2, -0.15) is 0 Å². The summed E-state index contributed by atoms with van der Waals surface area (Å²) in [5.74, 6) is -0.671. The minimum Gasteiger partial charge on any atom is -0.288 e. The molecule has 2 aromatic rings. The Hall–Kier alpha value is -2.20. The minimum absolute atomic E-state index is 0.333. The van der Waals surface area contributed by atoms with E-state index in [0.717, 1.165) is 4.88 Å². The van der Waals surface area contributed by atoms with Crippen LogP contribution < -0.4 is 5.32 Å². The van der Waals surface area contributed by atoms with E-state index in [1.54, 1.807) is 29.5 Å². The molecule has 0 aliphatic carbocycles. The number of thiophene rings is 1. The third-order valence-electron chi connectivity index (χ3n) is 2.98. The van der Waals surface area contributed by atoms with Gasteiger partial charge in [-0.05, 0) is 36.8 Å². The van der Waals surface area contributed by atoms with E-state index in [2.05, 4.69) is 5.32 Å². The van der Waals surface area contributed by atoms with Crippen molar-refractivity contribution in [3.05, 3.63) is 57.3 Å². The molecule has 1 aliphatic heterocycles. The van der Waals surface area contributed by atoms with Crippen LogP contribution in [0.15, 0.2) is 36.4 Å². The molecule has 2 heterocycles. The molecular weight excluding hydrogens is 258 g/mol. The van der Waals surface area contributed by atoms with Crippen LogP contribution >= 0.6 is 11.3 Å². The van der Waals surface area contributed by atoms with Crippen LogP contribution in [0.4, 0.5) is 0 Å². The Labute approximate surface area is 114 Å². The molecule has 0 unspecified atom stereocenters. The molecule has 19 heavy (non-hydrogen) atoms. The number of carbonyl (C=O) groups excluding carboxylic acids is 2. The predicted molar refractivity (Wildman–Crippen MR) is 75.8 cm³/mol. The topological polar surface area (TPSA) is 46.2 Å². The Bertz CT molecular complexity index is 712. The summed E-state index contributed by atoms with van der Waals surface area (Å²) in [7, 11) is 0. The van der Waals surface area contributed by atoms with Crippen molar-refractivity contribution in [2.75, 3.05) is 0 Å². The molecule has 1 N–H and O–H groups in total. The van der Waals surface area contributed by atoms with Gasteiger partial charge in [-0.15, -0.1) is 11.3 Å². The Balaban J connectivity index is 2.15. The summed E-state index contributed by atoms with van der Waals surface area (Å²) >= 11 is 1.62. The van der Waals surface area contributed by atoms with E-state index in [0.29, 0.717) is 16.7 Å². The smallest absolute Gasteiger partial charge is 0.258 e. The molecule has 1 aromatic heterocycles. The first kappa shape index (κ1) is 11.9. The van der Waals surface area contributed by atoms with Crippen LogP contribution in [0.3, 0.4) is 0 Å². The van der Waals surface area contributed by atoms with Gasteiger partial charge in [-0.1, -0.05) is 18.2 Å². The fourth-order valence-corrected chi connectivity index (χ4v) is 2.91. The first-order valence-electron chi connectivity index (χ1n) is 5.88. The first-order chi connectivity index (χ1) is 9.15. The Morgan fingerprint density at radius 1 is 1.00 bits per heavy atom. The monoisotopic (exact) mass is 269 g/mol. The van der Waals surface area contributed by atoms with Gasteiger partial charge in [0.05, 0.1) is 0 Å². The third-order valence-corrected chi connectivity index (χ3v) is 3.93. The average molecular weight is 269 g/mol. The van der Waals surface area contributed by atoms with Gasteiger partial charge in [0.1, 0.15) is 0 Å².